The van der Waals surface area contributed by atoms with Crippen LogP contribution in [-0.2, 0) is 6.42 Å². The molecule has 0 aliphatic carbocycles. The highest BCUT2D eigenvalue weighted by atomic mass is 16.3. The Hall–Kier alpha value is -4.17. The van der Waals surface area contributed by atoms with Crippen molar-refractivity contribution in [2.45, 2.75) is 60.0 Å². The molecule has 202 valence electrons. The monoisotopic (exact) mass is 522 g/mol. The lowest BCUT2D eigenvalue weighted by molar-refractivity contribution is 0.225. The molecule has 1 atom stereocenters. The molecule has 8 nitrogen and oxygen atoms in total. The number of phenols is 5. The molecule has 0 spiro atoms. The van der Waals surface area contributed by atoms with Crippen LogP contribution in [0.2, 0.25) is 0 Å². The zero-order valence-electron chi connectivity index (χ0n) is 22.2. The van der Waals surface area contributed by atoms with E-state index >= 15 is 0 Å². The third-order valence-electron chi connectivity index (χ3n) is 6.13. The Labute approximate surface area is 220 Å². The maximum atomic E-state index is 13.7. The van der Waals surface area contributed by atoms with E-state index in [-0.39, 0.29) is 45.6 Å². The van der Waals surface area contributed by atoms with Gasteiger partial charge in [0.2, 0.25) is 5.43 Å². The summed E-state index contributed by atoms with van der Waals surface area (Å²) in [6.45, 7) is 9.43. The summed E-state index contributed by atoms with van der Waals surface area (Å²) in [5, 5.41) is 62.4. The molecule has 2 aromatic carbocycles. The van der Waals surface area contributed by atoms with Crippen molar-refractivity contribution in [3.05, 3.63) is 74.5 Å². The minimum absolute atomic E-state index is 0.129. The number of benzene rings is 2. The maximum absolute atomic E-state index is 13.7. The van der Waals surface area contributed by atoms with E-state index < -0.39 is 34.5 Å². The van der Waals surface area contributed by atoms with Crippen LogP contribution < -0.4 is 5.43 Å². The van der Waals surface area contributed by atoms with Gasteiger partial charge in [-0.15, -0.1) is 0 Å². The minimum Gasteiger partial charge on any atom is -0.507 e. The molecule has 0 bridgehead atoms. The van der Waals surface area contributed by atoms with Crippen LogP contribution in [0.4, 0.5) is 0 Å². The predicted molar refractivity (Wildman–Crippen MR) is 147 cm³/mol. The second-order valence-corrected chi connectivity index (χ2v) is 9.89. The molecule has 38 heavy (non-hydrogen) atoms. The Kier molecular flexibility index (Phi) is 8.58. The molecule has 6 N–H and O–H groups in total. The zero-order chi connectivity index (χ0) is 28.3. The number of fused-ring (bicyclic) bond motifs is 1. The van der Waals surface area contributed by atoms with Gasteiger partial charge in [-0.2, -0.15) is 0 Å². The van der Waals surface area contributed by atoms with Gasteiger partial charge < -0.3 is 35.1 Å². The van der Waals surface area contributed by atoms with Gasteiger partial charge in [0.15, 0.2) is 11.5 Å². The van der Waals surface area contributed by atoms with Gasteiger partial charge in [-0.25, -0.2) is 0 Å². The van der Waals surface area contributed by atoms with Crippen molar-refractivity contribution in [1.82, 2.24) is 0 Å². The van der Waals surface area contributed by atoms with Crippen molar-refractivity contribution < 1.29 is 35.1 Å². The molecule has 0 radical (unpaired) electrons. The minimum atomic E-state index is -1.49. The van der Waals surface area contributed by atoms with Crippen molar-refractivity contribution in [3.63, 3.8) is 0 Å². The van der Waals surface area contributed by atoms with Crippen molar-refractivity contribution in [3.8, 4) is 40.1 Å². The molecule has 0 saturated carbocycles. The SMILES string of the molecule is CC(C)=CCCC(C)=CCc1c(O)cc(O)c2c(=O)c(C(O)C=C(C)C)c(-c3cc(O)c(O)cc3O)oc12. The van der Waals surface area contributed by atoms with E-state index in [0.29, 0.717) is 5.57 Å². The van der Waals surface area contributed by atoms with E-state index in [1.54, 1.807) is 13.8 Å². The molecule has 3 rings (SSSR count). The number of aliphatic hydroxyl groups is 1. The van der Waals surface area contributed by atoms with Crippen molar-refractivity contribution in [1.29, 1.82) is 0 Å². The number of allylic oxidation sites excluding steroid dienone is 5. The fourth-order valence-corrected chi connectivity index (χ4v) is 4.18. The van der Waals surface area contributed by atoms with E-state index in [4.69, 9.17) is 4.42 Å². The van der Waals surface area contributed by atoms with Crippen molar-refractivity contribution in [2.24, 2.45) is 0 Å². The average molecular weight is 523 g/mol. The molecular weight excluding hydrogens is 488 g/mol. The molecule has 0 aliphatic rings. The normalized spacial score (nSPS) is 12.4. The van der Waals surface area contributed by atoms with Gasteiger partial charge in [-0.3, -0.25) is 4.79 Å². The van der Waals surface area contributed by atoms with Gasteiger partial charge in [0, 0.05) is 17.7 Å². The van der Waals surface area contributed by atoms with E-state index in [1.807, 2.05) is 26.8 Å². The fraction of sp³-hybridized carbons (Fsp3) is 0.300. The molecule has 0 saturated heterocycles. The summed E-state index contributed by atoms with van der Waals surface area (Å²) in [5.41, 5.74) is 1.80. The lowest BCUT2D eigenvalue weighted by atomic mass is 9.96. The van der Waals surface area contributed by atoms with Crippen molar-refractivity contribution >= 4 is 11.0 Å². The lowest BCUT2D eigenvalue weighted by Gasteiger charge is -2.17. The van der Waals surface area contributed by atoms with Crippen LogP contribution in [0.15, 0.2) is 62.4 Å². The molecule has 1 heterocycles. The Balaban J connectivity index is 2.34. The van der Waals surface area contributed by atoms with Crippen LogP contribution in [-0.4, -0.2) is 30.6 Å². The van der Waals surface area contributed by atoms with Crippen LogP contribution in [0.1, 0.15) is 64.7 Å². The van der Waals surface area contributed by atoms with Crippen LogP contribution in [0, 0.1) is 0 Å². The first-order chi connectivity index (χ1) is 17.8. The van der Waals surface area contributed by atoms with E-state index in [1.165, 1.54) is 11.6 Å². The molecule has 1 aromatic heterocycles. The Morgan fingerprint density at radius 1 is 0.842 bits per heavy atom. The Bertz CT molecular complexity index is 1510. The van der Waals surface area contributed by atoms with Crippen LogP contribution in [0.3, 0.4) is 0 Å². The maximum Gasteiger partial charge on any atom is 0.203 e. The van der Waals surface area contributed by atoms with Gasteiger partial charge in [0.25, 0.3) is 0 Å². The van der Waals surface area contributed by atoms with Crippen LogP contribution in [0.25, 0.3) is 22.3 Å². The summed E-state index contributed by atoms with van der Waals surface area (Å²) in [5.74, 6) is -2.81. The van der Waals surface area contributed by atoms with E-state index in [2.05, 4.69) is 6.08 Å². The Morgan fingerprint density at radius 2 is 1.47 bits per heavy atom. The number of aromatic hydroxyl groups is 5. The molecule has 3 aromatic rings. The quantitative estimate of drug-likeness (QED) is 0.116. The smallest absolute Gasteiger partial charge is 0.203 e. The predicted octanol–water partition coefficient (Wildman–Crippen LogP) is 6.22. The van der Waals surface area contributed by atoms with Gasteiger partial charge in [-0.05, 0) is 59.9 Å². The Morgan fingerprint density at radius 3 is 2.11 bits per heavy atom. The summed E-state index contributed by atoms with van der Waals surface area (Å²) in [4.78, 5) is 13.7. The third kappa shape index (κ3) is 6.03. The third-order valence-corrected chi connectivity index (χ3v) is 6.13. The van der Waals surface area contributed by atoms with Crippen molar-refractivity contribution in [2.75, 3.05) is 0 Å². The molecule has 1 unspecified atom stereocenters. The number of phenolic OH excluding ortho intramolecular Hbond substituents is 5. The number of rotatable bonds is 8. The van der Waals surface area contributed by atoms with Gasteiger partial charge >= 0.3 is 0 Å². The highest BCUT2D eigenvalue weighted by Gasteiger charge is 2.27. The highest BCUT2D eigenvalue weighted by molar-refractivity contribution is 5.91. The number of hydrogen-bond acceptors (Lipinski definition) is 8. The number of hydrogen-bond donors (Lipinski definition) is 6. The summed E-state index contributed by atoms with van der Waals surface area (Å²) >= 11 is 0. The standard InChI is InChI=1S/C30H34O8/c1-15(2)7-6-8-17(5)9-10-18-20(31)14-25(36)27-28(37)26(24(35)11-16(3)4)30(38-29(18)27)19-12-22(33)23(34)13-21(19)32/h7,9,11-14,24,31-36H,6,8,10H2,1-5H3. The van der Waals surface area contributed by atoms with Crippen LogP contribution in [0.5, 0.6) is 28.7 Å². The fourth-order valence-electron chi connectivity index (χ4n) is 4.18. The molecule has 8 heteroatoms. The summed E-state index contributed by atoms with van der Waals surface area (Å²) in [6.07, 6.45) is 5.73. The van der Waals surface area contributed by atoms with E-state index in [9.17, 15) is 35.4 Å². The first kappa shape index (κ1) is 28.4. The van der Waals surface area contributed by atoms with Crippen LogP contribution >= 0.6 is 0 Å². The highest BCUT2D eigenvalue weighted by Crippen LogP contribution is 2.43. The van der Waals surface area contributed by atoms with Gasteiger partial charge in [-0.1, -0.05) is 34.9 Å². The summed E-state index contributed by atoms with van der Waals surface area (Å²) < 4.78 is 6.08. The molecule has 0 fully saturated rings. The average Bonchev–Trinajstić information content (AvgIpc) is 2.79. The number of aliphatic hydroxyl groups excluding tert-OH is 1. The van der Waals surface area contributed by atoms with E-state index in [0.717, 1.165) is 36.6 Å². The largest absolute Gasteiger partial charge is 0.507 e. The first-order valence-corrected chi connectivity index (χ1v) is 12.2. The lowest BCUT2D eigenvalue weighted by Crippen LogP contribution is -2.15. The van der Waals surface area contributed by atoms with Gasteiger partial charge in [0.05, 0.1) is 11.1 Å². The summed E-state index contributed by atoms with van der Waals surface area (Å²) in [7, 11) is 0. The molecular formula is C30H34O8. The zero-order valence-corrected chi connectivity index (χ0v) is 22.2. The second-order valence-electron chi connectivity index (χ2n) is 9.89. The summed E-state index contributed by atoms with van der Waals surface area (Å²) in [6, 6.07) is 2.94. The molecule has 0 aliphatic heterocycles. The first-order valence-electron chi connectivity index (χ1n) is 12.2. The topological polar surface area (TPSA) is 152 Å². The second kappa shape index (κ2) is 11.5. The molecule has 0 amide bonds. The van der Waals surface area contributed by atoms with Gasteiger partial charge in [0.1, 0.15) is 40.1 Å².